The van der Waals surface area contributed by atoms with Crippen molar-refractivity contribution in [3.63, 3.8) is 0 Å². The summed E-state index contributed by atoms with van der Waals surface area (Å²) >= 11 is 0. The molecule has 0 aromatic heterocycles. The molecule has 4 N–H and O–H groups in total. The molecule has 5 nitrogen and oxygen atoms in total. The molecule has 1 aromatic carbocycles. The summed E-state index contributed by atoms with van der Waals surface area (Å²) in [6.45, 7) is 3.47. The fraction of sp³-hybridized carbons (Fsp3) is 0.364. The Morgan fingerprint density at radius 1 is 1.44 bits per heavy atom. The average molecular weight is 225 g/mol. The second-order valence-electron chi connectivity index (χ2n) is 3.58. The highest BCUT2D eigenvalue weighted by Crippen LogP contribution is 2.35. The summed E-state index contributed by atoms with van der Waals surface area (Å²) in [7, 11) is 1.48. The summed E-state index contributed by atoms with van der Waals surface area (Å²) in [5, 5.41) is 18.6. The number of nitrogens with two attached hydrogens (primary N) is 1. The molecule has 0 aliphatic rings. The van der Waals surface area contributed by atoms with Gasteiger partial charge in [-0.1, -0.05) is 0 Å². The van der Waals surface area contributed by atoms with Crippen LogP contribution in [0.1, 0.15) is 22.7 Å². The van der Waals surface area contributed by atoms with Crippen molar-refractivity contribution in [2.75, 3.05) is 7.11 Å². The lowest BCUT2D eigenvalue weighted by molar-refractivity contribution is -0.138. The van der Waals surface area contributed by atoms with Crippen molar-refractivity contribution in [1.82, 2.24) is 0 Å². The van der Waals surface area contributed by atoms with E-state index in [4.69, 9.17) is 15.6 Å². The summed E-state index contributed by atoms with van der Waals surface area (Å²) in [5.74, 6) is -0.768. The molecule has 0 saturated heterocycles. The molecule has 1 unspecified atom stereocenters. The fourth-order valence-electron chi connectivity index (χ4n) is 1.48. The Morgan fingerprint density at radius 3 is 2.44 bits per heavy atom. The Kier molecular flexibility index (Phi) is 3.39. The van der Waals surface area contributed by atoms with Gasteiger partial charge in [-0.25, -0.2) is 0 Å². The number of carbonyl (C=O) groups is 1. The minimum Gasteiger partial charge on any atom is -0.507 e. The Bertz CT molecular complexity index is 428. The number of ether oxygens (including phenoxy) is 1. The standard InChI is InChI=1S/C11H15NO4/c1-5-6(2)10(13)7(4-8(5)16-3)9(12)11(14)15/h4,9,13H,12H2,1-3H3,(H,14,15). The number of carboxylic acids is 1. The predicted molar refractivity (Wildman–Crippen MR) is 58.7 cm³/mol. The molecule has 0 saturated carbocycles. The number of hydrogen-bond acceptors (Lipinski definition) is 4. The molecule has 0 fully saturated rings. The molecule has 1 atom stereocenters. The van der Waals surface area contributed by atoms with Crippen molar-refractivity contribution in [3.05, 3.63) is 22.8 Å². The smallest absolute Gasteiger partial charge is 0.325 e. The van der Waals surface area contributed by atoms with Gasteiger partial charge >= 0.3 is 5.97 Å². The lowest BCUT2D eigenvalue weighted by atomic mass is 9.98. The van der Waals surface area contributed by atoms with Gasteiger partial charge < -0.3 is 20.7 Å². The summed E-state index contributed by atoms with van der Waals surface area (Å²) in [4.78, 5) is 10.8. The van der Waals surface area contributed by atoms with Crippen LogP contribution in [0.15, 0.2) is 6.07 Å². The van der Waals surface area contributed by atoms with E-state index in [9.17, 15) is 9.90 Å². The van der Waals surface area contributed by atoms with E-state index in [1.807, 2.05) is 0 Å². The first-order chi connectivity index (χ1) is 7.40. The molecule has 5 heteroatoms. The maximum Gasteiger partial charge on any atom is 0.325 e. The summed E-state index contributed by atoms with van der Waals surface area (Å²) < 4.78 is 5.09. The predicted octanol–water partition coefficient (Wildman–Crippen LogP) is 1.10. The third-order valence-electron chi connectivity index (χ3n) is 2.67. The Hall–Kier alpha value is -1.75. The lowest BCUT2D eigenvalue weighted by Gasteiger charge is -2.16. The zero-order valence-electron chi connectivity index (χ0n) is 9.44. The number of phenols is 1. The number of methoxy groups -OCH3 is 1. The molecule has 0 radical (unpaired) electrons. The van der Waals surface area contributed by atoms with Gasteiger partial charge in [-0.2, -0.15) is 0 Å². The van der Waals surface area contributed by atoms with Crippen LogP contribution in [-0.2, 0) is 4.79 Å². The van der Waals surface area contributed by atoms with Crippen molar-refractivity contribution < 1.29 is 19.7 Å². The van der Waals surface area contributed by atoms with Crippen LogP contribution in [0.5, 0.6) is 11.5 Å². The van der Waals surface area contributed by atoms with E-state index >= 15 is 0 Å². The molecular weight excluding hydrogens is 210 g/mol. The molecule has 0 spiro atoms. The van der Waals surface area contributed by atoms with Crippen LogP contribution in [0.3, 0.4) is 0 Å². The van der Waals surface area contributed by atoms with Gasteiger partial charge in [0, 0.05) is 5.56 Å². The number of phenolic OH excluding ortho intramolecular Hbond substituents is 1. The van der Waals surface area contributed by atoms with Crippen molar-refractivity contribution in [1.29, 1.82) is 0 Å². The number of carboxylic acid groups (broad SMARTS) is 1. The van der Waals surface area contributed by atoms with Crippen LogP contribution in [0, 0.1) is 13.8 Å². The fourth-order valence-corrected chi connectivity index (χ4v) is 1.48. The van der Waals surface area contributed by atoms with E-state index in [0.717, 1.165) is 5.56 Å². The SMILES string of the molecule is COc1cc(C(N)C(=O)O)c(O)c(C)c1C. The molecule has 0 bridgehead atoms. The van der Waals surface area contributed by atoms with Crippen LogP contribution in [0.25, 0.3) is 0 Å². The maximum atomic E-state index is 10.8. The van der Waals surface area contributed by atoms with Crippen LogP contribution >= 0.6 is 0 Å². The lowest BCUT2D eigenvalue weighted by Crippen LogP contribution is -2.21. The highest BCUT2D eigenvalue weighted by molar-refractivity contribution is 5.77. The first-order valence-corrected chi connectivity index (χ1v) is 4.75. The summed E-state index contributed by atoms with van der Waals surface area (Å²) in [5.41, 5.74) is 6.97. The highest BCUT2D eigenvalue weighted by Gasteiger charge is 2.22. The van der Waals surface area contributed by atoms with Gasteiger partial charge in [-0.05, 0) is 31.0 Å². The molecule has 16 heavy (non-hydrogen) atoms. The topological polar surface area (TPSA) is 92.8 Å². The zero-order chi connectivity index (χ0) is 12.5. The van der Waals surface area contributed by atoms with E-state index in [2.05, 4.69) is 0 Å². The van der Waals surface area contributed by atoms with Crippen LogP contribution in [0.2, 0.25) is 0 Å². The first kappa shape index (κ1) is 12.3. The second kappa shape index (κ2) is 4.40. The largest absolute Gasteiger partial charge is 0.507 e. The van der Waals surface area contributed by atoms with Gasteiger partial charge in [0.1, 0.15) is 17.5 Å². The second-order valence-corrected chi connectivity index (χ2v) is 3.58. The first-order valence-electron chi connectivity index (χ1n) is 4.75. The van der Waals surface area contributed by atoms with Gasteiger partial charge in [0.25, 0.3) is 0 Å². The van der Waals surface area contributed by atoms with E-state index in [0.29, 0.717) is 11.3 Å². The third-order valence-corrected chi connectivity index (χ3v) is 2.67. The van der Waals surface area contributed by atoms with E-state index in [1.165, 1.54) is 13.2 Å². The summed E-state index contributed by atoms with van der Waals surface area (Å²) in [6, 6.07) is 0.199. The van der Waals surface area contributed by atoms with Crippen LogP contribution in [-0.4, -0.2) is 23.3 Å². The van der Waals surface area contributed by atoms with Gasteiger partial charge in [0.2, 0.25) is 0 Å². The minimum absolute atomic E-state index is 0.0896. The number of aromatic hydroxyl groups is 1. The molecule has 0 amide bonds. The van der Waals surface area contributed by atoms with Crippen molar-refractivity contribution in [2.24, 2.45) is 5.73 Å². The van der Waals surface area contributed by atoms with Crippen LogP contribution in [0.4, 0.5) is 0 Å². The minimum atomic E-state index is -1.26. The van der Waals surface area contributed by atoms with E-state index in [-0.39, 0.29) is 11.3 Å². The average Bonchev–Trinajstić information content (AvgIpc) is 2.25. The maximum absolute atomic E-state index is 10.8. The van der Waals surface area contributed by atoms with Crippen molar-refractivity contribution >= 4 is 5.97 Å². The Labute approximate surface area is 93.5 Å². The molecule has 0 aliphatic carbocycles. The third kappa shape index (κ3) is 1.94. The molecule has 0 heterocycles. The van der Waals surface area contributed by atoms with E-state index in [1.54, 1.807) is 13.8 Å². The normalized spacial score (nSPS) is 12.2. The molecular formula is C11H15NO4. The number of benzene rings is 1. The monoisotopic (exact) mass is 225 g/mol. The Balaban J connectivity index is 3.41. The van der Waals surface area contributed by atoms with Gasteiger partial charge in [-0.3, -0.25) is 4.79 Å². The highest BCUT2D eigenvalue weighted by atomic mass is 16.5. The molecule has 1 aromatic rings. The van der Waals surface area contributed by atoms with Gasteiger partial charge in [-0.15, -0.1) is 0 Å². The van der Waals surface area contributed by atoms with Gasteiger partial charge in [0.05, 0.1) is 7.11 Å². The number of rotatable bonds is 3. The quantitative estimate of drug-likeness (QED) is 0.716. The van der Waals surface area contributed by atoms with Crippen molar-refractivity contribution in [2.45, 2.75) is 19.9 Å². The Morgan fingerprint density at radius 2 is 2.00 bits per heavy atom. The molecule has 0 aliphatic heterocycles. The van der Waals surface area contributed by atoms with E-state index < -0.39 is 12.0 Å². The van der Waals surface area contributed by atoms with Crippen LogP contribution < -0.4 is 10.5 Å². The number of hydrogen-bond donors (Lipinski definition) is 3. The molecule has 88 valence electrons. The van der Waals surface area contributed by atoms with Gasteiger partial charge in [0.15, 0.2) is 0 Å². The summed E-state index contributed by atoms with van der Waals surface area (Å²) in [6.07, 6.45) is 0. The number of aliphatic carboxylic acids is 1. The molecule has 1 rings (SSSR count). The van der Waals surface area contributed by atoms with Crippen molar-refractivity contribution in [3.8, 4) is 11.5 Å². The zero-order valence-corrected chi connectivity index (χ0v) is 9.44.